The molecule has 1 heterocycles. The number of nitrogens with two attached hydrogens (primary N) is 1. The standard InChI is InChI=1S/C8H15N3.ClH/c1-3-8(4-2)11-6-7(9)5-10-11;/h5-6,8H,3-4,9H2,1-2H3;1H. The van der Waals surface area contributed by atoms with E-state index in [-0.39, 0.29) is 12.4 Å². The topological polar surface area (TPSA) is 43.8 Å². The first-order valence-corrected chi connectivity index (χ1v) is 4.07. The van der Waals surface area contributed by atoms with Gasteiger partial charge in [-0.2, -0.15) is 5.10 Å². The third kappa shape index (κ3) is 2.41. The molecule has 4 heteroatoms. The van der Waals surface area contributed by atoms with Gasteiger partial charge in [0.25, 0.3) is 0 Å². The second kappa shape index (κ2) is 5.04. The molecule has 1 aromatic heterocycles. The zero-order valence-electron chi connectivity index (χ0n) is 7.53. The van der Waals surface area contributed by atoms with Crippen molar-refractivity contribution in [1.82, 2.24) is 9.78 Å². The van der Waals surface area contributed by atoms with Crippen LogP contribution in [0.1, 0.15) is 32.7 Å². The van der Waals surface area contributed by atoms with E-state index in [4.69, 9.17) is 5.73 Å². The predicted octanol–water partition coefficient (Wildman–Crippen LogP) is 2.25. The third-order valence-corrected chi connectivity index (χ3v) is 1.94. The number of nitrogen functional groups attached to an aromatic ring is 1. The molecule has 0 saturated carbocycles. The number of hydrogen-bond acceptors (Lipinski definition) is 2. The number of anilines is 1. The summed E-state index contributed by atoms with van der Waals surface area (Å²) in [6, 6.07) is 0.507. The lowest BCUT2D eigenvalue weighted by atomic mass is 10.2. The molecule has 0 atom stereocenters. The Hall–Kier alpha value is -0.700. The van der Waals surface area contributed by atoms with E-state index in [1.54, 1.807) is 6.20 Å². The molecule has 0 saturated heterocycles. The first kappa shape index (κ1) is 11.3. The van der Waals surface area contributed by atoms with Gasteiger partial charge in [-0.05, 0) is 12.8 Å². The largest absolute Gasteiger partial charge is 0.396 e. The highest BCUT2D eigenvalue weighted by Gasteiger charge is 2.05. The van der Waals surface area contributed by atoms with E-state index < -0.39 is 0 Å². The Morgan fingerprint density at radius 2 is 2.08 bits per heavy atom. The molecule has 1 aromatic rings. The summed E-state index contributed by atoms with van der Waals surface area (Å²) in [6.45, 7) is 4.32. The van der Waals surface area contributed by atoms with Crippen molar-refractivity contribution in [3.8, 4) is 0 Å². The molecule has 0 aliphatic carbocycles. The number of rotatable bonds is 3. The second-order valence-corrected chi connectivity index (χ2v) is 2.72. The Labute approximate surface area is 79.4 Å². The minimum absolute atomic E-state index is 0. The maximum absolute atomic E-state index is 5.54. The molecule has 0 aliphatic rings. The Morgan fingerprint density at radius 1 is 1.50 bits per heavy atom. The lowest BCUT2D eigenvalue weighted by molar-refractivity contribution is 0.428. The molecule has 0 unspecified atom stereocenters. The average Bonchev–Trinajstić information content (AvgIpc) is 2.39. The Balaban J connectivity index is 0.00000121. The lowest BCUT2D eigenvalue weighted by Gasteiger charge is -2.11. The summed E-state index contributed by atoms with van der Waals surface area (Å²) in [4.78, 5) is 0. The van der Waals surface area contributed by atoms with Crippen molar-refractivity contribution < 1.29 is 0 Å². The monoisotopic (exact) mass is 189 g/mol. The average molecular weight is 190 g/mol. The van der Waals surface area contributed by atoms with Gasteiger partial charge in [0.15, 0.2) is 0 Å². The van der Waals surface area contributed by atoms with Crippen molar-refractivity contribution >= 4 is 18.1 Å². The summed E-state index contributed by atoms with van der Waals surface area (Å²) in [6.07, 6.45) is 5.80. The molecule has 70 valence electrons. The van der Waals surface area contributed by atoms with Gasteiger partial charge in [-0.15, -0.1) is 12.4 Å². The normalized spacial score (nSPS) is 9.92. The van der Waals surface area contributed by atoms with Gasteiger partial charge in [-0.1, -0.05) is 13.8 Å². The number of hydrogen-bond donors (Lipinski definition) is 1. The molecule has 0 fully saturated rings. The van der Waals surface area contributed by atoms with Gasteiger partial charge in [0, 0.05) is 6.20 Å². The highest BCUT2D eigenvalue weighted by molar-refractivity contribution is 5.85. The molecule has 2 N–H and O–H groups in total. The Bertz CT molecular complexity index is 218. The van der Waals surface area contributed by atoms with Gasteiger partial charge >= 0.3 is 0 Å². The number of nitrogens with zero attached hydrogens (tertiary/aromatic N) is 2. The van der Waals surface area contributed by atoms with Crippen LogP contribution in [0.5, 0.6) is 0 Å². The van der Waals surface area contributed by atoms with E-state index in [0.717, 1.165) is 18.5 Å². The first-order chi connectivity index (χ1) is 5.27. The minimum atomic E-state index is 0. The summed E-state index contributed by atoms with van der Waals surface area (Å²) in [5.41, 5.74) is 6.29. The van der Waals surface area contributed by atoms with Crippen LogP contribution in [0.3, 0.4) is 0 Å². The van der Waals surface area contributed by atoms with Crippen LogP contribution < -0.4 is 5.73 Å². The molecule has 0 aromatic carbocycles. The molecule has 0 aliphatic heterocycles. The molecule has 1 rings (SSSR count). The molecule has 0 amide bonds. The third-order valence-electron chi connectivity index (χ3n) is 1.94. The van der Waals surface area contributed by atoms with Crippen molar-refractivity contribution in [2.75, 3.05) is 5.73 Å². The SMILES string of the molecule is CCC(CC)n1cc(N)cn1.Cl. The highest BCUT2D eigenvalue weighted by atomic mass is 35.5. The van der Waals surface area contributed by atoms with Gasteiger partial charge in [-0.3, -0.25) is 4.68 Å². The molecular weight excluding hydrogens is 174 g/mol. The molecule has 0 radical (unpaired) electrons. The summed E-state index contributed by atoms with van der Waals surface area (Å²) in [5, 5.41) is 4.15. The van der Waals surface area contributed by atoms with E-state index in [1.165, 1.54) is 0 Å². The van der Waals surface area contributed by atoms with Crippen LogP contribution in [0.15, 0.2) is 12.4 Å². The van der Waals surface area contributed by atoms with Gasteiger partial charge in [0.1, 0.15) is 0 Å². The van der Waals surface area contributed by atoms with Crippen LogP contribution in [0, 0.1) is 0 Å². The molecule has 0 bridgehead atoms. The zero-order chi connectivity index (χ0) is 8.27. The molecule has 12 heavy (non-hydrogen) atoms. The van der Waals surface area contributed by atoms with Crippen molar-refractivity contribution in [2.45, 2.75) is 32.7 Å². The van der Waals surface area contributed by atoms with Crippen molar-refractivity contribution in [3.05, 3.63) is 12.4 Å². The summed E-state index contributed by atoms with van der Waals surface area (Å²) in [7, 11) is 0. The Morgan fingerprint density at radius 3 is 2.42 bits per heavy atom. The van der Waals surface area contributed by atoms with Crippen LogP contribution in [-0.2, 0) is 0 Å². The lowest BCUT2D eigenvalue weighted by Crippen LogP contribution is -2.06. The molecular formula is C8H16ClN3. The fourth-order valence-electron chi connectivity index (χ4n) is 1.22. The van der Waals surface area contributed by atoms with Crippen LogP contribution in [0.2, 0.25) is 0 Å². The summed E-state index contributed by atoms with van der Waals surface area (Å²) in [5.74, 6) is 0. The summed E-state index contributed by atoms with van der Waals surface area (Å²) >= 11 is 0. The first-order valence-electron chi connectivity index (χ1n) is 4.07. The Kier molecular flexibility index (Phi) is 4.74. The second-order valence-electron chi connectivity index (χ2n) is 2.72. The van der Waals surface area contributed by atoms with Crippen molar-refractivity contribution in [2.24, 2.45) is 0 Å². The van der Waals surface area contributed by atoms with Crippen molar-refractivity contribution in [1.29, 1.82) is 0 Å². The fraction of sp³-hybridized carbons (Fsp3) is 0.625. The highest BCUT2D eigenvalue weighted by Crippen LogP contribution is 2.14. The number of aromatic nitrogens is 2. The molecule has 3 nitrogen and oxygen atoms in total. The van der Waals surface area contributed by atoms with Gasteiger partial charge < -0.3 is 5.73 Å². The van der Waals surface area contributed by atoms with Gasteiger partial charge in [0.2, 0.25) is 0 Å². The minimum Gasteiger partial charge on any atom is -0.396 e. The fourth-order valence-corrected chi connectivity index (χ4v) is 1.22. The van der Waals surface area contributed by atoms with E-state index >= 15 is 0 Å². The maximum Gasteiger partial charge on any atom is 0.0719 e. The quantitative estimate of drug-likeness (QED) is 0.793. The molecule has 0 spiro atoms. The van der Waals surface area contributed by atoms with Crippen LogP contribution in [-0.4, -0.2) is 9.78 Å². The van der Waals surface area contributed by atoms with Crippen molar-refractivity contribution in [3.63, 3.8) is 0 Å². The van der Waals surface area contributed by atoms with E-state index in [2.05, 4.69) is 18.9 Å². The van der Waals surface area contributed by atoms with Crippen LogP contribution >= 0.6 is 12.4 Å². The zero-order valence-corrected chi connectivity index (χ0v) is 8.34. The van der Waals surface area contributed by atoms with Gasteiger partial charge in [-0.25, -0.2) is 0 Å². The van der Waals surface area contributed by atoms with Crippen LogP contribution in [0.4, 0.5) is 5.69 Å². The summed E-state index contributed by atoms with van der Waals surface area (Å²) < 4.78 is 1.94. The maximum atomic E-state index is 5.54. The van der Waals surface area contributed by atoms with Crippen LogP contribution in [0.25, 0.3) is 0 Å². The predicted molar refractivity (Wildman–Crippen MR) is 53.5 cm³/mol. The van der Waals surface area contributed by atoms with Gasteiger partial charge in [0.05, 0.1) is 17.9 Å². The number of halogens is 1. The van der Waals surface area contributed by atoms with E-state index in [0.29, 0.717) is 6.04 Å². The van der Waals surface area contributed by atoms with E-state index in [9.17, 15) is 0 Å². The smallest absolute Gasteiger partial charge is 0.0719 e. The van der Waals surface area contributed by atoms with E-state index in [1.807, 2.05) is 10.9 Å².